The molecule has 6 heteroatoms. The van der Waals surface area contributed by atoms with E-state index in [0.717, 1.165) is 6.08 Å². The molecule has 0 unspecified atom stereocenters. The summed E-state index contributed by atoms with van der Waals surface area (Å²) in [5.41, 5.74) is -1.16. The lowest BCUT2D eigenvalue weighted by Crippen LogP contribution is -2.12. The molecule has 0 fully saturated rings. The number of hydrogen-bond donors (Lipinski definition) is 3. The normalized spacial score (nSPS) is 12.3. The van der Waals surface area contributed by atoms with Crippen molar-refractivity contribution in [3.63, 3.8) is 0 Å². The van der Waals surface area contributed by atoms with Gasteiger partial charge >= 0.3 is 17.9 Å². The second kappa shape index (κ2) is 8.47. The Hall–Kier alpha value is -2.63. The Labute approximate surface area is 116 Å². The zero-order chi connectivity index (χ0) is 15.7. The van der Waals surface area contributed by atoms with Crippen molar-refractivity contribution < 1.29 is 29.7 Å². The molecule has 0 spiro atoms. The number of rotatable bonds is 9. The Morgan fingerprint density at radius 2 is 1.50 bits per heavy atom. The van der Waals surface area contributed by atoms with Gasteiger partial charge in [-0.25, -0.2) is 14.4 Å². The van der Waals surface area contributed by atoms with Gasteiger partial charge in [-0.15, -0.1) is 13.2 Å². The van der Waals surface area contributed by atoms with Crippen LogP contribution in [0.1, 0.15) is 19.3 Å². The van der Waals surface area contributed by atoms with Gasteiger partial charge in [-0.05, 0) is 25.3 Å². The SMILES string of the molecule is C=CCCC(=C/C(C(=O)O)=C(\CC=C)C(=O)O)C(=O)O. The highest BCUT2D eigenvalue weighted by molar-refractivity contribution is 6.02. The molecule has 0 aliphatic carbocycles. The van der Waals surface area contributed by atoms with E-state index in [4.69, 9.17) is 15.3 Å². The minimum atomic E-state index is -1.50. The van der Waals surface area contributed by atoms with Crippen molar-refractivity contribution in [3.8, 4) is 0 Å². The Morgan fingerprint density at radius 3 is 1.85 bits per heavy atom. The lowest BCUT2D eigenvalue weighted by atomic mass is 10.0. The van der Waals surface area contributed by atoms with Gasteiger partial charge in [0.2, 0.25) is 0 Å². The number of carbonyl (C=O) groups is 3. The van der Waals surface area contributed by atoms with Gasteiger partial charge in [-0.3, -0.25) is 0 Å². The van der Waals surface area contributed by atoms with E-state index in [-0.39, 0.29) is 18.4 Å². The lowest BCUT2D eigenvalue weighted by molar-refractivity contribution is -0.135. The van der Waals surface area contributed by atoms with E-state index < -0.39 is 29.1 Å². The predicted molar refractivity (Wildman–Crippen MR) is 72.3 cm³/mol. The number of hydrogen-bond acceptors (Lipinski definition) is 3. The molecule has 3 N–H and O–H groups in total. The van der Waals surface area contributed by atoms with Gasteiger partial charge in [0.15, 0.2) is 0 Å². The maximum Gasteiger partial charge on any atom is 0.336 e. The van der Waals surface area contributed by atoms with E-state index in [1.807, 2.05) is 0 Å². The first kappa shape index (κ1) is 17.4. The molecule has 0 bridgehead atoms. The smallest absolute Gasteiger partial charge is 0.336 e. The Morgan fingerprint density at radius 1 is 0.900 bits per heavy atom. The van der Waals surface area contributed by atoms with Crippen LogP contribution in [0.5, 0.6) is 0 Å². The number of carboxylic acids is 3. The molecule has 0 heterocycles. The zero-order valence-electron chi connectivity index (χ0n) is 10.8. The fourth-order valence-electron chi connectivity index (χ4n) is 1.41. The third kappa shape index (κ3) is 5.34. The summed E-state index contributed by atoms with van der Waals surface area (Å²) >= 11 is 0. The molecule has 0 radical (unpaired) electrons. The van der Waals surface area contributed by atoms with Gasteiger partial charge in [-0.2, -0.15) is 0 Å². The first-order valence-corrected chi connectivity index (χ1v) is 5.70. The maximum atomic E-state index is 11.1. The highest BCUT2D eigenvalue weighted by Crippen LogP contribution is 2.17. The minimum absolute atomic E-state index is 0.0661. The van der Waals surface area contributed by atoms with Gasteiger partial charge in [0, 0.05) is 5.57 Å². The molecule has 0 aromatic carbocycles. The fraction of sp³-hybridized carbons (Fsp3) is 0.214. The van der Waals surface area contributed by atoms with E-state index in [1.54, 1.807) is 0 Å². The lowest BCUT2D eigenvalue weighted by Gasteiger charge is -2.05. The van der Waals surface area contributed by atoms with E-state index in [0.29, 0.717) is 6.42 Å². The summed E-state index contributed by atoms with van der Waals surface area (Å²) in [6.07, 6.45) is 3.83. The molecule has 6 nitrogen and oxygen atoms in total. The molecule has 108 valence electrons. The molecule has 0 aliphatic heterocycles. The van der Waals surface area contributed by atoms with Crippen LogP contribution in [0.15, 0.2) is 48.1 Å². The van der Waals surface area contributed by atoms with Crippen LogP contribution < -0.4 is 0 Å². The van der Waals surface area contributed by atoms with Gasteiger partial charge < -0.3 is 15.3 Å². The summed E-state index contributed by atoms with van der Waals surface area (Å²) in [6.45, 7) is 6.79. The van der Waals surface area contributed by atoms with Crippen LogP contribution in [-0.2, 0) is 14.4 Å². The molecule has 0 aromatic heterocycles. The quantitative estimate of drug-likeness (QED) is 0.338. The van der Waals surface area contributed by atoms with Crippen molar-refractivity contribution in [2.24, 2.45) is 0 Å². The van der Waals surface area contributed by atoms with E-state index in [2.05, 4.69) is 13.2 Å². The van der Waals surface area contributed by atoms with Crippen molar-refractivity contribution >= 4 is 17.9 Å². The second-order valence-corrected chi connectivity index (χ2v) is 3.80. The monoisotopic (exact) mass is 280 g/mol. The topological polar surface area (TPSA) is 112 Å². The highest BCUT2D eigenvalue weighted by atomic mass is 16.4. The van der Waals surface area contributed by atoms with Gasteiger partial charge in [-0.1, -0.05) is 12.2 Å². The Kier molecular flexibility index (Phi) is 7.35. The van der Waals surface area contributed by atoms with Gasteiger partial charge in [0.25, 0.3) is 0 Å². The van der Waals surface area contributed by atoms with E-state index >= 15 is 0 Å². The largest absolute Gasteiger partial charge is 0.478 e. The van der Waals surface area contributed by atoms with E-state index in [1.165, 1.54) is 12.2 Å². The van der Waals surface area contributed by atoms with Crippen molar-refractivity contribution in [1.82, 2.24) is 0 Å². The first-order valence-electron chi connectivity index (χ1n) is 5.70. The van der Waals surface area contributed by atoms with Crippen molar-refractivity contribution in [2.45, 2.75) is 19.3 Å². The van der Waals surface area contributed by atoms with Crippen LogP contribution >= 0.6 is 0 Å². The summed E-state index contributed by atoms with van der Waals surface area (Å²) in [7, 11) is 0. The van der Waals surface area contributed by atoms with Crippen LogP contribution in [0.25, 0.3) is 0 Å². The molecule has 0 aliphatic rings. The molecule has 0 rings (SSSR count). The summed E-state index contributed by atoms with van der Waals surface area (Å²) in [5.74, 6) is -4.22. The number of carboxylic acid groups (broad SMARTS) is 3. The van der Waals surface area contributed by atoms with E-state index in [9.17, 15) is 14.4 Å². The number of aliphatic carboxylic acids is 3. The number of allylic oxidation sites excluding steroid dienone is 2. The third-order valence-corrected chi connectivity index (χ3v) is 2.37. The zero-order valence-corrected chi connectivity index (χ0v) is 10.8. The molecule has 20 heavy (non-hydrogen) atoms. The van der Waals surface area contributed by atoms with Crippen LogP contribution in [0.4, 0.5) is 0 Å². The van der Waals surface area contributed by atoms with Crippen molar-refractivity contribution in [3.05, 3.63) is 48.1 Å². The van der Waals surface area contributed by atoms with Crippen LogP contribution in [0.3, 0.4) is 0 Å². The van der Waals surface area contributed by atoms with Gasteiger partial charge in [0.1, 0.15) is 0 Å². The molecule has 0 amide bonds. The Balaban J connectivity index is 5.87. The molecular formula is C14H16O6. The maximum absolute atomic E-state index is 11.1. The van der Waals surface area contributed by atoms with Crippen LogP contribution in [0.2, 0.25) is 0 Å². The average molecular weight is 280 g/mol. The summed E-state index contributed by atoms with van der Waals surface area (Å²) < 4.78 is 0. The second-order valence-electron chi connectivity index (χ2n) is 3.80. The summed E-state index contributed by atoms with van der Waals surface area (Å²) in [5, 5.41) is 27.0. The minimum Gasteiger partial charge on any atom is -0.478 e. The molecule has 0 saturated heterocycles. The summed E-state index contributed by atoms with van der Waals surface area (Å²) in [6, 6.07) is 0. The molecule has 0 atom stereocenters. The predicted octanol–water partition coefficient (Wildman–Crippen LogP) is 2.01. The van der Waals surface area contributed by atoms with Crippen molar-refractivity contribution in [2.75, 3.05) is 0 Å². The highest BCUT2D eigenvalue weighted by Gasteiger charge is 2.19. The van der Waals surface area contributed by atoms with Gasteiger partial charge in [0.05, 0.1) is 11.1 Å². The summed E-state index contributed by atoms with van der Waals surface area (Å²) in [4.78, 5) is 33.2. The Bertz CT molecular complexity index is 496. The molecule has 0 saturated carbocycles. The van der Waals surface area contributed by atoms with Crippen LogP contribution in [-0.4, -0.2) is 33.2 Å². The average Bonchev–Trinajstić information content (AvgIpc) is 2.36. The fourth-order valence-corrected chi connectivity index (χ4v) is 1.41. The third-order valence-electron chi connectivity index (χ3n) is 2.37. The standard InChI is InChI=1S/C14H16O6/c1-3-5-7-9(12(15)16)8-11(14(19)20)10(6-4-2)13(17)18/h3-4,8H,1-2,5-7H2,(H,15,16)(H,17,18)(H,19,20)/b9-8?,11-10-. The van der Waals surface area contributed by atoms with Crippen molar-refractivity contribution in [1.29, 1.82) is 0 Å². The molecular weight excluding hydrogens is 264 g/mol. The first-order chi connectivity index (χ1) is 9.34. The van der Waals surface area contributed by atoms with Crippen LogP contribution in [0, 0.1) is 0 Å². The molecule has 0 aromatic rings.